The SMILES string of the molecule is NC1(CCOc2ccccc2)CCc2ccccc21. The molecule has 1 aliphatic carbocycles. The Labute approximate surface area is 114 Å². The molecule has 2 heteroatoms. The Morgan fingerprint density at radius 2 is 1.74 bits per heavy atom. The number of rotatable bonds is 4. The first kappa shape index (κ1) is 12.2. The van der Waals surface area contributed by atoms with Gasteiger partial charge in [-0.3, -0.25) is 0 Å². The summed E-state index contributed by atoms with van der Waals surface area (Å²) in [6, 6.07) is 18.4. The molecule has 0 bridgehead atoms. The largest absolute Gasteiger partial charge is 0.494 e. The topological polar surface area (TPSA) is 35.2 Å². The van der Waals surface area contributed by atoms with E-state index in [1.807, 2.05) is 30.3 Å². The van der Waals surface area contributed by atoms with E-state index in [0.29, 0.717) is 6.61 Å². The third-order valence-corrected chi connectivity index (χ3v) is 3.95. The van der Waals surface area contributed by atoms with Gasteiger partial charge in [0.1, 0.15) is 5.75 Å². The van der Waals surface area contributed by atoms with E-state index in [4.69, 9.17) is 10.5 Å². The summed E-state index contributed by atoms with van der Waals surface area (Å²) in [5.41, 5.74) is 9.03. The molecular formula is C17H19NO. The van der Waals surface area contributed by atoms with E-state index in [1.165, 1.54) is 11.1 Å². The maximum Gasteiger partial charge on any atom is 0.119 e. The van der Waals surface area contributed by atoms with E-state index in [9.17, 15) is 0 Å². The lowest BCUT2D eigenvalue weighted by molar-refractivity contribution is 0.257. The van der Waals surface area contributed by atoms with Crippen molar-refractivity contribution in [1.29, 1.82) is 0 Å². The number of hydrogen-bond acceptors (Lipinski definition) is 2. The summed E-state index contributed by atoms with van der Waals surface area (Å²) in [7, 11) is 0. The van der Waals surface area contributed by atoms with Crippen LogP contribution in [0.3, 0.4) is 0 Å². The first-order valence-electron chi connectivity index (χ1n) is 6.83. The summed E-state index contributed by atoms with van der Waals surface area (Å²) in [5, 5.41) is 0. The van der Waals surface area contributed by atoms with E-state index >= 15 is 0 Å². The molecule has 98 valence electrons. The van der Waals surface area contributed by atoms with Crippen LogP contribution in [0.15, 0.2) is 54.6 Å². The molecule has 19 heavy (non-hydrogen) atoms. The quantitative estimate of drug-likeness (QED) is 0.907. The molecule has 0 spiro atoms. The summed E-state index contributed by atoms with van der Waals surface area (Å²) < 4.78 is 5.77. The van der Waals surface area contributed by atoms with Crippen LogP contribution >= 0.6 is 0 Å². The van der Waals surface area contributed by atoms with E-state index < -0.39 is 0 Å². The first-order valence-corrected chi connectivity index (χ1v) is 6.83. The minimum absolute atomic E-state index is 0.217. The highest BCUT2D eigenvalue weighted by atomic mass is 16.5. The van der Waals surface area contributed by atoms with Gasteiger partial charge < -0.3 is 10.5 Å². The Morgan fingerprint density at radius 3 is 2.58 bits per heavy atom. The molecule has 0 heterocycles. The highest BCUT2D eigenvalue weighted by Gasteiger charge is 2.34. The normalized spacial score (nSPS) is 21.1. The Hall–Kier alpha value is -1.80. The summed E-state index contributed by atoms with van der Waals surface area (Å²) in [4.78, 5) is 0. The highest BCUT2D eigenvalue weighted by molar-refractivity contribution is 5.38. The summed E-state index contributed by atoms with van der Waals surface area (Å²) in [5.74, 6) is 0.914. The molecule has 2 aromatic rings. The molecule has 2 N–H and O–H groups in total. The second-order valence-electron chi connectivity index (χ2n) is 5.22. The average Bonchev–Trinajstić information content (AvgIpc) is 2.79. The Balaban J connectivity index is 1.65. The van der Waals surface area contributed by atoms with Gasteiger partial charge >= 0.3 is 0 Å². The van der Waals surface area contributed by atoms with Gasteiger partial charge in [-0.2, -0.15) is 0 Å². The van der Waals surface area contributed by atoms with Gasteiger partial charge in [0.15, 0.2) is 0 Å². The van der Waals surface area contributed by atoms with E-state index in [2.05, 4.69) is 24.3 Å². The Bertz CT molecular complexity index is 552. The van der Waals surface area contributed by atoms with Crippen molar-refractivity contribution >= 4 is 0 Å². The van der Waals surface area contributed by atoms with Crippen LogP contribution in [-0.2, 0) is 12.0 Å². The van der Waals surface area contributed by atoms with Crippen molar-refractivity contribution < 1.29 is 4.74 Å². The van der Waals surface area contributed by atoms with Crippen molar-refractivity contribution in [2.75, 3.05) is 6.61 Å². The number of ether oxygens (including phenoxy) is 1. The predicted molar refractivity (Wildman–Crippen MR) is 77.2 cm³/mol. The van der Waals surface area contributed by atoms with Crippen LogP contribution in [0.2, 0.25) is 0 Å². The van der Waals surface area contributed by atoms with Crippen molar-refractivity contribution in [2.45, 2.75) is 24.8 Å². The lowest BCUT2D eigenvalue weighted by atomic mass is 9.90. The van der Waals surface area contributed by atoms with Gasteiger partial charge in [0.25, 0.3) is 0 Å². The standard InChI is InChI=1S/C17H19NO/c18-17(11-10-14-6-4-5-9-16(14)17)12-13-19-15-7-2-1-3-8-15/h1-9H,10-13,18H2. The van der Waals surface area contributed by atoms with Crippen LogP contribution in [0.1, 0.15) is 24.0 Å². The smallest absolute Gasteiger partial charge is 0.119 e. The number of nitrogens with two attached hydrogens (primary N) is 1. The van der Waals surface area contributed by atoms with E-state index in [0.717, 1.165) is 25.0 Å². The minimum Gasteiger partial charge on any atom is -0.494 e. The summed E-state index contributed by atoms with van der Waals surface area (Å²) in [6.45, 7) is 0.662. The van der Waals surface area contributed by atoms with Crippen molar-refractivity contribution in [3.05, 3.63) is 65.7 Å². The molecule has 0 amide bonds. The van der Waals surface area contributed by atoms with Gasteiger partial charge in [-0.25, -0.2) is 0 Å². The molecule has 0 aromatic heterocycles. The fraction of sp³-hybridized carbons (Fsp3) is 0.294. The maximum absolute atomic E-state index is 6.55. The van der Waals surface area contributed by atoms with Crippen LogP contribution in [0.5, 0.6) is 5.75 Å². The second kappa shape index (κ2) is 5.06. The number of aryl methyl sites for hydroxylation is 1. The summed E-state index contributed by atoms with van der Waals surface area (Å²) in [6.07, 6.45) is 2.96. The lowest BCUT2D eigenvalue weighted by Crippen LogP contribution is -2.35. The maximum atomic E-state index is 6.55. The van der Waals surface area contributed by atoms with Crippen LogP contribution < -0.4 is 10.5 Å². The number of benzene rings is 2. The van der Waals surface area contributed by atoms with Crippen molar-refractivity contribution in [1.82, 2.24) is 0 Å². The van der Waals surface area contributed by atoms with Crippen LogP contribution in [-0.4, -0.2) is 6.61 Å². The number of fused-ring (bicyclic) bond motifs is 1. The zero-order chi connectivity index (χ0) is 13.1. The molecule has 0 aliphatic heterocycles. The van der Waals surface area contributed by atoms with E-state index in [1.54, 1.807) is 0 Å². The summed E-state index contributed by atoms with van der Waals surface area (Å²) >= 11 is 0. The van der Waals surface area contributed by atoms with Crippen LogP contribution in [0.25, 0.3) is 0 Å². The fourth-order valence-corrected chi connectivity index (χ4v) is 2.84. The number of hydrogen-bond donors (Lipinski definition) is 1. The third-order valence-electron chi connectivity index (χ3n) is 3.95. The van der Waals surface area contributed by atoms with Crippen LogP contribution in [0.4, 0.5) is 0 Å². The third kappa shape index (κ3) is 2.49. The van der Waals surface area contributed by atoms with Crippen molar-refractivity contribution in [2.24, 2.45) is 5.73 Å². The molecule has 0 saturated heterocycles. The number of para-hydroxylation sites is 1. The second-order valence-corrected chi connectivity index (χ2v) is 5.22. The van der Waals surface area contributed by atoms with Crippen LogP contribution in [0, 0.1) is 0 Å². The Morgan fingerprint density at radius 1 is 1.00 bits per heavy atom. The average molecular weight is 253 g/mol. The predicted octanol–water partition coefficient (Wildman–Crippen LogP) is 3.26. The monoisotopic (exact) mass is 253 g/mol. The zero-order valence-corrected chi connectivity index (χ0v) is 11.0. The fourth-order valence-electron chi connectivity index (χ4n) is 2.84. The van der Waals surface area contributed by atoms with Gasteiger partial charge in [-0.05, 0) is 36.1 Å². The molecule has 0 fully saturated rings. The molecule has 1 atom stereocenters. The first-order chi connectivity index (χ1) is 9.28. The minimum atomic E-state index is -0.217. The Kier molecular flexibility index (Phi) is 3.26. The van der Waals surface area contributed by atoms with Gasteiger partial charge in [0.05, 0.1) is 6.61 Å². The van der Waals surface area contributed by atoms with E-state index in [-0.39, 0.29) is 5.54 Å². The zero-order valence-electron chi connectivity index (χ0n) is 11.0. The lowest BCUT2D eigenvalue weighted by Gasteiger charge is -2.25. The van der Waals surface area contributed by atoms with Gasteiger partial charge in [0, 0.05) is 12.0 Å². The molecule has 1 unspecified atom stereocenters. The van der Waals surface area contributed by atoms with Gasteiger partial charge in [0.2, 0.25) is 0 Å². The molecule has 2 aromatic carbocycles. The molecular weight excluding hydrogens is 234 g/mol. The van der Waals surface area contributed by atoms with Gasteiger partial charge in [-0.15, -0.1) is 0 Å². The molecule has 0 saturated carbocycles. The molecule has 0 radical (unpaired) electrons. The molecule has 2 nitrogen and oxygen atoms in total. The highest BCUT2D eigenvalue weighted by Crippen LogP contribution is 2.37. The van der Waals surface area contributed by atoms with Gasteiger partial charge in [-0.1, -0.05) is 42.5 Å². The molecule has 3 rings (SSSR count). The van der Waals surface area contributed by atoms with Crippen molar-refractivity contribution in [3.8, 4) is 5.75 Å². The van der Waals surface area contributed by atoms with Crippen molar-refractivity contribution in [3.63, 3.8) is 0 Å². The molecule has 1 aliphatic rings.